The van der Waals surface area contributed by atoms with E-state index in [9.17, 15) is 4.79 Å². The summed E-state index contributed by atoms with van der Waals surface area (Å²) in [5.41, 5.74) is 1.19. The van der Waals surface area contributed by atoms with Crippen LogP contribution in [0.25, 0.3) is 11.0 Å². The summed E-state index contributed by atoms with van der Waals surface area (Å²) in [6.07, 6.45) is 1.17. The minimum absolute atomic E-state index is 0.209. The molecule has 0 N–H and O–H groups in total. The average molecular weight is 270 g/mol. The molecule has 20 heavy (non-hydrogen) atoms. The molecule has 4 heteroatoms. The lowest BCUT2D eigenvalue weighted by Crippen LogP contribution is -2.47. The molecule has 2 aromatic rings. The van der Waals surface area contributed by atoms with Crippen molar-refractivity contribution in [3.63, 3.8) is 0 Å². The van der Waals surface area contributed by atoms with Crippen LogP contribution in [0.2, 0.25) is 0 Å². The molecule has 0 spiro atoms. The van der Waals surface area contributed by atoms with Gasteiger partial charge in [-0.05, 0) is 25.1 Å². The van der Waals surface area contributed by atoms with Gasteiger partial charge < -0.3 is 9.32 Å². The smallest absolute Gasteiger partial charge is 0.360 e. The molecule has 0 unspecified atom stereocenters. The first-order valence-electron chi connectivity index (χ1n) is 7.30. The van der Waals surface area contributed by atoms with Crippen LogP contribution in [0.4, 0.5) is 5.69 Å². The molecule has 1 aromatic carbocycles. The van der Waals surface area contributed by atoms with E-state index in [1.165, 1.54) is 6.42 Å². The summed E-state index contributed by atoms with van der Waals surface area (Å²) in [6, 6.07) is 10.7. The first-order valence-corrected chi connectivity index (χ1v) is 7.30. The van der Waals surface area contributed by atoms with Gasteiger partial charge in [0, 0.05) is 30.6 Å². The van der Waals surface area contributed by atoms with Crippen molar-refractivity contribution >= 4 is 16.7 Å². The number of anilines is 1. The Balaban J connectivity index is 1.73. The highest BCUT2D eigenvalue weighted by Crippen LogP contribution is 2.33. The second-order valence-corrected chi connectivity index (χ2v) is 5.74. The monoisotopic (exact) mass is 270 g/mol. The quantitative estimate of drug-likeness (QED) is 0.783. The fourth-order valence-corrected chi connectivity index (χ4v) is 3.68. The van der Waals surface area contributed by atoms with Gasteiger partial charge >= 0.3 is 5.63 Å². The maximum Gasteiger partial charge on any atom is 0.360 e. The van der Waals surface area contributed by atoms with Crippen LogP contribution in [0, 0.1) is 0 Å². The van der Waals surface area contributed by atoms with Gasteiger partial charge in [-0.3, -0.25) is 4.90 Å². The van der Waals surface area contributed by atoms with E-state index in [0.29, 0.717) is 17.7 Å². The Labute approximate surface area is 117 Å². The number of likely N-dealkylation sites (tertiary alicyclic amines) is 1. The van der Waals surface area contributed by atoms with Crippen LogP contribution in [0.15, 0.2) is 39.5 Å². The maximum absolute atomic E-state index is 12.2. The van der Waals surface area contributed by atoms with Crippen LogP contribution < -0.4 is 10.5 Å². The summed E-state index contributed by atoms with van der Waals surface area (Å²) in [5.74, 6) is 0. The van der Waals surface area contributed by atoms with E-state index in [1.807, 2.05) is 30.3 Å². The molecule has 3 heterocycles. The van der Waals surface area contributed by atoms with Crippen LogP contribution in [0.3, 0.4) is 0 Å². The number of hydrogen-bond donors (Lipinski definition) is 0. The lowest BCUT2D eigenvalue weighted by molar-refractivity contribution is 0.251. The maximum atomic E-state index is 12.2. The second-order valence-electron chi connectivity index (χ2n) is 5.74. The molecule has 2 saturated heterocycles. The third-order valence-electron chi connectivity index (χ3n) is 4.69. The highest BCUT2D eigenvalue weighted by atomic mass is 16.4. The van der Waals surface area contributed by atoms with Crippen LogP contribution in [-0.2, 0) is 0 Å². The Morgan fingerprint density at radius 2 is 2.10 bits per heavy atom. The number of rotatable bonds is 2. The Morgan fingerprint density at radius 1 is 1.25 bits per heavy atom. The molecule has 0 radical (unpaired) electrons. The van der Waals surface area contributed by atoms with Crippen LogP contribution in [-0.4, -0.2) is 36.6 Å². The van der Waals surface area contributed by atoms with Crippen LogP contribution >= 0.6 is 0 Å². The minimum atomic E-state index is -0.209. The standard InChI is InChI=1S/C16H18N2O2/c1-2-17-9-13-8-12(17)10-18(13)14-7-11-5-3-4-6-15(11)20-16(14)19/h3-7,12-13H,2,8-10H2,1H3/t12-,13-/m0/s1. The first-order chi connectivity index (χ1) is 9.76. The molecule has 2 aliphatic rings. The largest absolute Gasteiger partial charge is 0.421 e. The van der Waals surface area contributed by atoms with E-state index >= 15 is 0 Å². The normalized spacial score (nSPS) is 25.8. The zero-order chi connectivity index (χ0) is 13.7. The molecule has 104 valence electrons. The predicted octanol–water partition coefficient (Wildman–Crippen LogP) is 2.08. The Morgan fingerprint density at radius 3 is 2.85 bits per heavy atom. The van der Waals surface area contributed by atoms with Crippen molar-refractivity contribution in [2.75, 3.05) is 24.5 Å². The number of benzene rings is 1. The topological polar surface area (TPSA) is 36.7 Å². The molecular formula is C16H18N2O2. The molecule has 0 saturated carbocycles. The van der Waals surface area contributed by atoms with E-state index in [4.69, 9.17) is 4.42 Å². The summed E-state index contributed by atoms with van der Waals surface area (Å²) in [7, 11) is 0. The van der Waals surface area contributed by atoms with Crippen LogP contribution in [0.1, 0.15) is 13.3 Å². The number of nitrogens with zero attached hydrogens (tertiary/aromatic N) is 2. The van der Waals surface area contributed by atoms with Crippen molar-refractivity contribution in [1.29, 1.82) is 0 Å². The van der Waals surface area contributed by atoms with E-state index in [0.717, 1.165) is 30.7 Å². The predicted molar refractivity (Wildman–Crippen MR) is 79.3 cm³/mol. The van der Waals surface area contributed by atoms with Crippen molar-refractivity contribution in [3.8, 4) is 0 Å². The van der Waals surface area contributed by atoms with Crippen LogP contribution in [0.5, 0.6) is 0 Å². The van der Waals surface area contributed by atoms with Gasteiger partial charge in [0.1, 0.15) is 11.3 Å². The Hall–Kier alpha value is -1.81. The van der Waals surface area contributed by atoms with Gasteiger partial charge in [0.15, 0.2) is 0 Å². The van der Waals surface area contributed by atoms with E-state index in [-0.39, 0.29) is 5.63 Å². The van der Waals surface area contributed by atoms with Crippen molar-refractivity contribution in [2.45, 2.75) is 25.4 Å². The van der Waals surface area contributed by atoms with Crippen molar-refractivity contribution < 1.29 is 4.42 Å². The highest BCUT2D eigenvalue weighted by Gasteiger charge is 2.43. The minimum Gasteiger partial charge on any atom is -0.421 e. The van der Waals surface area contributed by atoms with Gasteiger partial charge in [0.25, 0.3) is 0 Å². The summed E-state index contributed by atoms with van der Waals surface area (Å²) >= 11 is 0. The summed E-state index contributed by atoms with van der Waals surface area (Å²) in [6.45, 7) is 5.31. The summed E-state index contributed by atoms with van der Waals surface area (Å²) in [5, 5.41) is 0.997. The third-order valence-corrected chi connectivity index (χ3v) is 4.69. The highest BCUT2D eigenvalue weighted by molar-refractivity contribution is 5.79. The molecule has 2 fully saturated rings. The average Bonchev–Trinajstić information content (AvgIpc) is 3.06. The Bertz CT molecular complexity index is 709. The van der Waals surface area contributed by atoms with Gasteiger partial charge in [-0.15, -0.1) is 0 Å². The van der Waals surface area contributed by atoms with Crippen molar-refractivity contribution in [3.05, 3.63) is 40.8 Å². The molecule has 2 atom stereocenters. The van der Waals surface area contributed by atoms with Gasteiger partial charge in [-0.1, -0.05) is 25.1 Å². The van der Waals surface area contributed by atoms with Gasteiger partial charge in [0.05, 0.1) is 0 Å². The van der Waals surface area contributed by atoms with Gasteiger partial charge in [0.2, 0.25) is 0 Å². The molecule has 0 amide bonds. The van der Waals surface area contributed by atoms with Crippen molar-refractivity contribution in [1.82, 2.24) is 4.90 Å². The molecular weight excluding hydrogens is 252 g/mol. The zero-order valence-electron chi connectivity index (χ0n) is 11.6. The fourth-order valence-electron chi connectivity index (χ4n) is 3.68. The molecule has 2 aliphatic heterocycles. The number of para-hydroxylation sites is 1. The molecule has 2 bridgehead atoms. The molecule has 4 nitrogen and oxygen atoms in total. The lowest BCUT2D eigenvalue weighted by atomic mass is 10.2. The Kier molecular flexibility index (Phi) is 2.60. The van der Waals surface area contributed by atoms with Crippen molar-refractivity contribution in [2.24, 2.45) is 0 Å². The number of hydrogen-bond acceptors (Lipinski definition) is 4. The van der Waals surface area contributed by atoms with E-state index in [2.05, 4.69) is 16.7 Å². The van der Waals surface area contributed by atoms with E-state index < -0.39 is 0 Å². The number of likely N-dealkylation sites (N-methyl/N-ethyl adjacent to an activating group) is 1. The lowest BCUT2D eigenvalue weighted by Gasteiger charge is -2.34. The molecule has 1 aromatic heterocycles. The number of fused-ring (bicyclic) bond motifs is 3. The molecule has 4 rings (SSSR count). The first kappa shape index (κ1) is 12.0. The van der Waals surface area contributed by atoms with Gasteiger partial charge in [-0.25, -0.2) is 4.79 Å². The fraction of sp³-hybridized carbons (Fsp3) is 0.438. The second kappa shape index (κ2) is 4.35. The summed E-state index contributed by atoms with van der Waals surface area (Å²) < 4.78 is 5.46. The number of piperazine rings is 1. The zero-order valence-corrected chi connectivity index (χ0v) is 11.6. The van der Waals surface area contributed by atoms with E-state index in [1.54, 1.807) is 0 Å². The third kappa shape index (κ3) is 1.68. The summed E-state index contributed by atoms with van der Waals surface area (Å²) in [4.78, 5) is 17.0. The van der Waals surface area contributed by atoms with Gasteiger partial charge in [-0.2, -0.15) is 0 Å². The SMILES string of the molecule is CCN1C[C@@H]2C[C@H]1CN2c1cc2ccccc2oc1=O. The molecule has 0 aliphatic carbocycles.